The van der Waals surface area contributed by atoms with Crippen molar-refractivity contribution in [3.63, 3.8) is 0 Å². The maximum Gasteiger partial charge on any atom is 0.104 e. The summed E-state index contributed by atoms with van der Waals surface area (Å²) in [4.78, 5) is 0. The van der Waals surface area contributed by atoms with Crippen LogP contribution in [0.3, 0.4) is 0 Å². The second-order valence-corrected chi connectivity index (χ2v) is 2.81. The van der Waals surface area contributed by atoms with Crippen LogP contribution < -0.4 is 0 Å². The fourth-order valence-corrected chi connectivity index (χ4v) is 0.588. The number of hydrogen-bond donors (Lipinski definition) is 0. The minimum Gasteiger partial charge on any atom is -0.372 e. The van der Waals surface area contributed by atoms with Crippen LogP contribution in [0.2, 0.25) is 0 Å². The Hall–Kier alpha value is -0.0800. The first-order chi connectivity index (χ1) is 4.83. The van der Waals surface area contributed by atoms with Gasteiger partial charge in [-0.25, -0.2) is 0 Å². The molecule has 1 saturated heterocycles. The molecule has 1 rings (SSSR count). The lowest BCUT2D eigenvalue weighted by Crippen LogP contribution is -2.03. The average Bonchev–Trinajstić information content (AvgIpc) is 2.71. The van der Waals surface area contributed by atoms with Gasteiger partial charge in [0.05, 0.1) is 19.8 Å². The molecule has 0 bridgehead atoms. The molecule has 1 heterocycles. The van der Waals surface area contributed by atoms with E-state index in [9.17, 15) is 0 Å². The Balaban J connectivity index is 1.83. The van der Waals surface area contributed by atoms with Crippen LogP contribution in [-0.4, -0.2) is 19.3 Å². The normalized spacial score (nSPS) is 26.4. The molecule has 59 valence electrons. The summed E-state index contributed by atoms with van der Waals surface area (Å²) in [5.41, 5.74) is 0. The highest BCUT2D eigenvalue weighted by Crippen LogP contribution is 2.12. The first-order valence-corrected chi connectivity index (χ1v) is 3.89. The average molecular weight is 143 g/mol. The summed E-state index contributed by atoms with van der Waals surface area (Å²) < 4.78 is 10.2. The Labute approximate surface area is 62.5 Å². The van der Waals surface area contributed by atoms with Crippen molar-refractivity contribution >= 4 is 0 Å². The van der Waals surface area contributed by atoms with E-state index in [-0.39, 0.29) is 0 Å². The maximum atomic E-state index is 5.26. The number of rotatable bonds is 5. The topological polar surface area (TPSA) is 21.8 Å². The fourth-order valence-electron chi connectivity index (χ4n) is 0.588. The van der Waals surface area contributed by atoms with E-state index in [4.69, 9.17) is 9.47 Å². The quantitative estimate of drug-likeness (QED) is 0.545. The highest BCUT2D eigenvalue weighted by atomic mass is 16.6. The molecule has 0 amide bonds. The van der Waals surface area contributed by atoms with Crippen LogP contribution >= 0.6 is 0 Å². The maximum absolute atomic E-state index is 5.26. The molecule has 0 aliphatic carbocycles. The van der Waals surface area contributed by atoms with Crippen LogP contribution in [0, 0.1) is 12.5 Å². The van der Waals surface area contributed by atoms with E-state index in [1.54, 1.807) is 0 Å². The van der Waals surface area contributed by atoms with E-state index in [1.165, 1.54) is 0 Å². The predicted molar refractivity (Wildman–Crippen MR) is 39.4 cm³/mol. The zero-order valence-electron chi connectivity index (χ0n) is 6.67. The molecule has 0 aromatic heterocycles. The van der Waals surface area contributed by atoms with Gasteiger partial charge in [0, 0.05) is 0 Å². The molecule has 0 aromatic carbocycles. The Morgan fingerprint density at radius 2 is 2.50 bits per heavy atom. The molecule has 2 atom stereocenters. The molecule has 1 fully saturated rings. The van der Waals surface area contributed by atoms with E-state index >= 15 is 0 Å². The Kier molecular flexibility index (Phi) is 3.16. The van der Waals surface area contributed by atoms with Crippen molar-refractivity contribution in [1.82, 2.24) is 0 Å². The molecule has 1 aliphatic rings. The van der Waals surface area contributed by atoms with Gasteiger partial charge in [-0.05, 0) is 5.92 Å². The number of hydrogen-bond acceptors (Lipinski definition) is 2. The second-order valence-electron chi connectivity index (χ2n) is 2.81. The Bertz CT molecular complexity index is 89.3. The highest BCUT2D eigenvalue weighted by molar-refractivity contribution is 4.69. The molecule has 1 aliphatic heterocycles. The molecule has 0 spiro atoms. The van der Waals surface area contributed by atoms with E-state index in [1.807, 2.05) is 6.61 Å². The third kappa shape index (κ3) is 3.18. The van der Waals surface area contributed by atoms with Gasteiger partial charge >= 0.3 is 0 Å². The lowest BCUT2D eigenvalue weighted by atomic mass is 10.1. The summed E-state index contributed by atoms with van der Waals surface area (Å²) in [6, 6.07) is 0. The minimum absolute atomic E-state index is 0.389. The molecule has 0 N–H and O–H groups in total. The van der Waals surface area contributed by atoms with Crippen LogP contribution in [0.4, 0.5) is 0 Å². The summed E-state index contributed by atoms with van der Waals surface area (Å²) in [7, 11) is 0. The Morgan fingerprint density at radius 1 is 1.80 bits per heavy atom. The number of ether oxygens (including phenoxy) is 2. The zero-order chi connectivity index (χ0) is 7.40. The summed E-state index contributed by atoms with van der Waals surface area (Å²) in [5.74, 6) is 0.568. The standard InChI is InChI=1S/C8H15O2/c1-3-7(2)4-9-5-8-6-10-8/h4,7-8H,3,5-6H2,1-2H3. The van der Waals surface area contributed by atoms with Crippen molar-refractivity contribution in [2.75, 3.05) is 13.2 Å². The number of epoxide rings is 1. The van der Waals surface area contributed by atoms with Crippen molar-refractivity contribution in [2.24, 2.45) is 5.92 Å². The van der Waals surface area contributed by atoms with Gasteiger partial charge in [-0.3, -0.25) is 0 Å². The van der Waals surface area contributed by atoms with E-state index in [0.29, 0.717) is 12.0 Å². The smallest absolute Gasteiger partial charge is 0.104 e. The van der Waals surface area contributed by atoms with E-state index < -0.39 is 0 Å². The molecule has 2 heteroatoms. The van der Waals surface area contributed by atoms with Crippen LogP contribution in [0.1, 0.15) is 20.3 Å². The van der Waals surface area contributed by atoms with E-state index in [0.717, 1.165) is 19.6 Å². The lowest BCUT2D eigenvalue weighted by Gasteiger charge is -2.06. The van der Waals surface area contributed by atoms with Crippen LogP contribution in [0.15, 0.2) is 0 Å². The molecular weight excluding hydrogens is 128 g/mol. The van der Waals surface area contributed by atoms with E-state index in [2.05, 4.69) is 13.8 Å². The zero-order valence-corrected chi connectivity index (χ0v) is 6.67. The SMILES string of the molecule is CCC(C)[CH]OCC1CO1. The monoisotopic (exact) mass is 143 g/mol. The lowest BCUT2D eigenvalue weighted by molar-refractivity contribution is 0.147. The van der Waals surface area contributed by atoms with Gasteiger partial charge in [0.25, 0.3) is 0 Å². The van der Waals surface area contributed by atoms with Gasteiger partial charge < -0.3 is 9.47 Å². The highest BCUT2D eigenvalue weighted by Gasteiger charge is 2.22. The van der Waals surface area contributed by atoms with Crippen molar-refractivity contribution < 1.29 is 9.47 Å². The third-order valence-corrected chi connectivity index (χ3v) is 1.66. The fraction of sp³-hybridized carbons (Fsp3) is 0.875. The minimum atomic E-state index is 0.389. The van der Waals surface area contributed by atoms with Crippen molar-refractivity contribution in [2.45, 2.75) is 26.4 Å². The van der Waals surface area contributed by atoms with Crippen molar-refractivity contribution in [3.05, 3.63) is 6.61 Å². The van der Waals surface area contributed by atoms with Gasteiger partial charge in [-0.1, -0.05) is 20.3 Å². The van der Waals surface area contributed by atoms with Gasteiger partial charge in [-0.15, -0.1) is 0 Å². The first-order valence-electron chi connectivity index (χ1n) is 3.89. The van der Waals surface area contributed by atoms with Crippen molar-refractivity contribution in [3.8, 4) is 0 Å². The van der Waals surface area contributed by atoms with Gasteiger partial charge in [0.1, 0.15) is 6.10 Å². The summed E-state index contributed by atoms with van der Waals surface area (Å²) in [6.07, 6.45) is 1.53. The predicted octanol–water partition coefficient (Wildman–Crippen LogP) is 1.61. The molecule has 0 aromatic rings. The summed E-state index contributed by atoms with van der Waals surface area (Å²) in [6.45, 7) is 7.83. The van der Waals surface area contributed by atoms with Crippen LogP contribution in [0.5, 0.6) is 0 Å². The van der Waals surface area contributed by atoms with Crippen LogP contribution in [-0.2, 0) is 9.47 Å². The van der Waals surface area contributed by atoms with Crippen molar-refractivity contribution in [1.29, 1.82) is 0 Å². The molecular formula is C8H15O2. The molecule has 0 saturated carbocycles. The molecule has 2 nitrogen and oxygen atoms in total. The van der Waals surface area contributed by atoms with Gasteiger partial charge in [0.2, 0.25) is 0 Å². The Morgan fingerprint density at radius 3 is 3.00 bits per heavy atom. The first kappa shape index (κ1) is 8.02. The third-order valence-electron chi connectivity index (χ3n) is 1.66. The van der Waals surface area contributed by atoms with Gasteiger partial charge in [0.15, 0.2) is 0 Å². The summed E-state index contributed by atoms with van der Waals surface area (Å²) >= 11 is 0. The second kappa shape index (κ2) is 3.94. The molecule has 2 unspecified atom stereocenters. The largest absolute Gasteiger partial charge is 0.372 e. The molecule has 1 radical (unpaired) electrons. The summed E-state index contributed by atoms with van der Waals surface area (Å²) in [5, 5.41) is 0. The molecule has 10 heavy (non-hydrogen) atoms. The van der Waals surface area contributed by atoms with Gasteiger partial charge in [-0.2, -0.15) is 0 Å². The van der Waals surface area contributed by atoms with Crippen LogP contribution in [0.25, 0.3) is 0 Å².